The van der Waals surface area contributed by atoms with Gasteiger partial charge in [-0.05, 0) is 56.4 Å². The van der Waals surface area contributed by atoms with E-state index in [1.165, 1.54) is 19.3 Å². The highest BCUT2D eigenvalue weighted by atomic mass is 19.1. The van der Waals surface area contributed by atoms with Gasteiger partial charge >= 0.3 is 0 Å². The molecule has 2 aliphatic rings. The first-order valence-electron chi connectivity index (χ1n) is 13.5. The Morgan fingerprint density at radius 2 is 1.82 bits per heavy atom. The third kappa shape index (κ3) is 7.34. The van der Waals surface area contributed by atoms with Crippen molar-refractivity contribution in [2.45, 2.75) is 62.8 Å². The fraction of sp³-hybridized carbons (Fsp3) is 0.419. The molecule has 2 fully saturated rings. The molecule has 1 aliphatic carbocycles. The molecular formula is C31H37F2N3O4. The molecule has 0 bridgehead atoms. The van der Waals surface area contributed by atoms with E-state index in [1.54, 1.807) is 0 Å². The van der Waals surface area contributed by atoms with E-state index < -0.39 is 28.7 Å². The van der Waals surface area contributed by atoms with Gasteiger partial charge < -0.3 is 20.5 Å². The highest BCUT2D eigenvalue weighted by molar-refractivity contribution is 5.98. The SMILES string of the molecule is C=C(/C=C(\OC)c1ccc(F)cc1F)C(=O)NC1(CC(=O)NCc2ccccc2)CN(C2CCC(C)(O)CC2)C1. The first kappa shape index (κ1) is 29.4. The number of methoxy groups -OCH3 is 1. The Labute approximate surface area is 233 Å². The largest absolute Gasteiger partial charge is 0.496 e. The zero-order valence-corrected chi connectivity index (χ0v) is 23.0. The fourth-order valence-corrected chi connectivity index (χ4v) is 5.46. The van der Waals surface area contributed by atoms with Gasteiger partial charge in [-0.1, -0.05) is 36.9 Å². The lowest BCUT2D eigenvalue weighted by Gasteiger charge is -2.54. The summed E-state index contributed by atoms with van der Waals surface area (Å²) in [4.78, 5) is 28.5. The number of nitrogens with one attached hydrogen (secondary N) is 2. The van der Waals surface area contributed by atoms with Crippen molar-refractivity contribution < 1.29 is 28.2 Å². The van der Waals surface area contributed by atoms with Crippen LogP contribution >= 0.6 is 0 Å². The summed E-state index contributed by atoms with van der Waals surface area (Å²) in [5.74, 6) is -2.23. The molecule has 9 heteroatoms. The van der Waals surface area contributed by atoms with Gasteiger partial charge in [-0.15, -0.1) is 0 Å². The minimum absolute atomic E-state index is 0.00384. The van der Waals surface area contributed by atoms with Crippen LogP contribution in [0.2, 0.25) is 0 Å². The van der Waals surface area contributed by atoms with Crippen molar-refractivity contribution in [1.82, 2.24) is 15.5 Å². The van der Waals surface area contributed by atoms with Crippen LogP contribution in [-0.2, 0) is 20.9 Å². The van der Waals surface area contributed by atoms with Gasteiger partial charge in [-0.3, -0.25) is 14.5 Å². The molecular weight excluding hydrogens is 516 g/mol. The van der Waals surface area contributed by atoms with Gasteiger partial charge in [0.2, 0.25) is 5.91 Å². The van der Waals surface area contributed by atoms with Crippen molar-refractivity contribution in [1.29, 1.82) is 0 Å². The van der Waals surface area contributed by atoms with E-state index in [9.17, 15) is 23.5 Å². The minimum atomic E-state index is -0.825. The van der Waals surface area contributed by atoms with Crippen LogP contribution < -0.4 is 10.6 Å². The van der Waals surface area contributed by atoms with E-state index in [0.717, 1.165) is 30.5 Å². The highest BCUT2D eigenvalue weighted by Crippen LogP contribution is 2.36. The van der Waals surface area contributed by atoms with Crippen molar-refractivity contribution in [2.24, 2.45) is 0 Å². The number of hydrogen-bond acceptors (Lipinski definition) is 5. The zero-order chi connectivity index (χ0) is 28.9. The molecule has 1 heterocycles. The maximum Gasteiger partial charge on any atom is 0.251 e. The third-order valence-electron chi connectivity index (χ3n) is 7.78. The van der Waals surface area contributed by atoms with E-state index >= 15 is 0 Å². The standard InChI is InChI=1S/C31H37F2N3O4/c1-21(15-27(40-3)25-10-9-23(32)16-26(25)33)29(38)35-31(17-28(37)34-18-22-7-5-4-6-8-22)19-36(20-31)24-11-13-30(2,39)14-12-24/h4-10,15-16,24,39H,1,11-14,17-20H2,2-3H3,(H,34,37)(H,35,38)/b27-15-. The average molecular weight is 554 g/mol. The van der Waals surface area contributed by atoms with Gasteiger partial charge in [0, 0.05) is 37.3 Å². The van der Waals surface area contributed by atoms with Gasteiger partial charge in [0.05, 0.1) is 30.2 Å². The molecule has 0 unspecified atom stereocenters. The number of halogens is 2. The number of benzene rings is 2. The predicted molar refractivity (Wildman–Crippen MR) is 149 cm³/mol. The molecule has 1 saturated carbocycles. The first-order valence-corrected chi connectivity index (χ1v) is 13.5. The minimum Gasteiger partial charge on any atom is -0.496 e. The Morgan fingerprint density at radius 3 is 2.45 bits per heavy atom. The third-order valence-corrected chi connectivity index (χ3v) is 7.78. The van der Waals surface area contributed by atoms with Crippen molar-refractivity contribution in [2.75, 3.05) is 20.2 Å². The summed E-state index contributed by atoms with van der Waals surface area (Å²) >= 11 is 0. The molecule has 40 heavy (non-hydrogen) atoms. The normalized spacial score (nSPS) is 22.6. The van der Waals surface area contributed by atoms with Crippen molar-refractivity contribution >= 4 is 17.6 Å². The number of aliphatic hydroxyl groups is 1. The molecule has 214 valence electrons. The molecule has 3 N–H and O–H groups in total. The van der Waals surface area contributed by atoms with Crippen LogP contribution in [0.5, 0.6) is 0 Å². The second-order valence-corrected chi connectivity index (χ2v) is 11.2. The fourth-order valence-electron chi connectivity index (χ4n) is 5.46. The molecule has 1 saturated heterocycles. The lowest BCUT2D eigenvalue weighted by atomic mass is 9.78. The predicted octanol–water partition coefficient (Wildman–Crippen LogP) is 4.08. The Kier molecular flexibility index (Phi) is 9.05. The highest BCUT2D eigenvalue weighted by Gasteiger charge is 2.49. The number of carbonyl (C=O) groups excluding carboxylic acids is 2. The zero-order valence-electron chi connectivity index (χ0n) is 23.0. The molecule has 7 nitrogen and oxygen atoms in total. The maximum absolute atomic E-state index is 14.3. The summed E-state index contributed by atoms with van der Waals surface area (Å²) in [7, 11) is 1.32. The number of carbonyl (C=O) groups is 2. The van der Waals surface area contributed by atoms with E-state index in [1.807, 2.05) is 37.3 Å². The van der Waals surface area contributed by atoms with Crippen LogP contribution in [0.15, 0.2) is 66.8 Å². The molecule has 0 spiro atoms. The van der Waals surface area contributed by atoms with Crippen molar-refractivity contribution in [3.05, 3.63) is 89.5 Å². The molecule has 0 aromatic heterocycles. The topological polar surface area (TPSA) is 90.9 Å². The summed E-state index contributed by atoms with van der Waals surface area (Å²) < 4.78 is 33.0. The smallest absolute Gasteiger partial charge is 0.251 e. The Morgan fingerprint density at radius 1 is 1.15 bits per heavy atom. The summed E-state index contributed by atoms with van der Waals surface area (Å²) in [6.07, 6.45) is 4.46. The number of amides is 2. The molecule has 0 radical (unpaired) electrons. The van der Waals surface area contributed by atoms with Gasteiger partial charge in [0.15, 0.2) is 0 Å². The molecule has 2 aromatic carbocycles. The van der Waals surface area contributed by atoms with Crippen molar-refractivity contribution in [3.63, 3.8) is 0 Å². The molecule has 1 aliphatic heterocycles. The lowest BCUT2D eigenvalue weighted by Crippen LogP contribution is -2.73. The van der Waals surface area contributed by atoms with Crippen molar-refractivity contribution in [3.8, 4) is 0 Å². The monoisotopic (exact) mass is 553 g/mol. The summed E-state index contributed by atoms with van der Waals surface area (Å²) in [6, 6.07) is 12.9. The Balaban J connectivity index is 1.45. The Bertz CT molecular complexity index is 1260. The van der Waals surface area contributed by atoms with E-state index in [4.69, 9.17) is 4.74 Å². The maximum atomic E-state index is 14.3. The van der Waals surface area contributed by atoms with Gasteiger partial charge in [-0.25, -0.2) is 8.78 Å². The summed E-state index contributed by atoms with van der Waals surface area (Å²) in [5, 5.41) is 16.3. The van der Waals surface area contributed by atoms with Gasteiger partial charge in [-0.2, -0.15) is 0 Å². The molecule has 0 atom stereocenters. The number of ether oxygens (including phenoxy) is 1. The second kappa shape index (κ2) is 12.3. The molecule has 4 rings (SSSR count). The quantitative estimate of drug-likeness (QED) is 0.234. The number of rotatable bonds is 10. The van der Waals surface area contributed by atoms with Crippen LogP contribution in [0.25, 0.3) is 5.76 Å². The number of hydrogen-bond donors (Lipinski definition) is 3. The number of nitrogens with zero attached hydrogens (tertiary/aromatic N) is 1. The van der Waals surface area contributed by atoms with Crippen LogP contribution in [-0.4, -0.2) is 59.2 Å². The molecule has 2 amide bonds. The summed E-state index contributed by atoms with van der Waals surface area (Å²) in [5.41, 5.74) is -0.496. The van der Waals surface area contributed by atoms with Crippen LogP contribution in [0, 0.1) is 11.6 Å². The van der Waals surface area contributed by atoms with E-state index in [2.05, 4.69) is 22.1 Å². The Hall–Kier alpha value is -3.56. The van der Waals surface area contributed by atoms with Crippen LogP contribution in [0.1, 0.15) is 50.2 Å². The van der Waals surface area contributed by atoms with Crippen LogP contribution in [0.4, 0.5) is 8.78 Å². The van der Waals surface area contributed by atoms with E-state index in [-0.39, 0.29) is 35.3 Å². The summed E-state index contributed by atoms with van der Waals surface area (Å²) in [6.45, 7) is 7.01. The van der Waals surface area contributed by atoms with E-state index in [0.29, 0.717) is 32.5 Å². The number of likely N-dealkylation sites (tertiary alicyclic amines) is 1. The average Bonchev–Trinajstić information content (AvgIpc) is 2.90. The lowest BCUT2D eigenvalue weighted by molar-refractivity contribution is -0.130. The first-order chi connectivity index (χ1) is 19.0. The second-order valence-electron chi connectivity index (χ2n) is 11.2. The van der Waals surface area contributed by atoms with Crippen LogP contribution in [0.3, 0.4) is 0 Å². The van der Waals surface area contributed by atoms with Gasteiger partial charge in [0.25, 0.3) is 5.91 Å². The van der Waals surface area contributed by atoms with Gasteiger partial charge in [0.1, 0.15) is 17.4 Å². The molecule has 2 aromatic rings.